The molecule has 0 unspecified atom stereocenters. The van der Waals surface area contributed by atoms with Gasteiger partial charge >= 0.3 is 5.97 Å². The molecule has 1 heterocycles. The molecule has 0 fully saturated rings. The lowest BCUT2D eigenvalue weighted by Crippen LogP contribution is -2.21. The minimum Gasteiger partial charge on any atom is -0.455 e. The molecule has 1 aromatic heterocycles. The van der Waals surface area contributed by atoms with Crippen LogP contribution in [0, 0.1) is 0 Å². The first-order valence-electron chi connectivity index (χ1n) is 6.35. The Hall–Kier alpha value is -1.92. The van der Waals surface area contributed by atoms with Crippen LogP contribution in [0.2, 0.25) is 5.15 Å². The number of hydrogen-bond donors (Lipinski definition) is 1. The summed E-state index contributed by atoms with van der Waals surface area (Å²) in [6, 6.07) is 10.5. The number of carbonyl (C=O) groups excluding carboxylic acids is 2. The van der Waals surface area contributed by atoms with Crippen molar-refractivity contribution in [1.29, 1.82) is 0 Å². The fraction of sp³-hybridized carbons (Fsp3) is 0.133. The topological polar surface area (TPSA) is 68.3 Å². The van der Waals surface area contributed by atoms with Crippen molar-refractivity contribution < 1.29 is 14.3 Å². The zero-order chi connectivity index (χ0) is 15.9. The summed E-state index contributed by atoms with van der Waals surface area (Å²) in [5, 5.41) is 2.70. The number of rotatable bonds is 5. The van der Waals surface area contributed by atoms with Crippen LogP contribution >= 0.6 is 27.5 Å². The Morgan fingerprint density at radius 2 is 1.95 bits per heavy atom. The average molecular weight is 384 g/mol. The summed E-state index contributed by atoms with van der Waals surface area (Å²) >= 11 is 9.13. The molecule has 0 bridgehead atoms. The Bertz CT molecular complexity index is 677. The number of carbonyl (C=O) groups is 2. The lowest BCUT2D eigenvalue weighted by molar-refractivity contribution is -0.146. The number of ether oxygens (including phenoxy) is 1. The lowest BCUT2D eigenvalue weighted by atomic mass is 10.2. The van der Waals surface area contributed by atoms with E-state index in [-0.39, 0.29) is 18.2 Å². The largest absolute Gasteiger partial charge is 0.455 e. The van der Waals surface area contributed by atoms with Gasteiger partial charge in [0.25, 0.3) is 5.91 Å². The van der Waals surface area contributed by atoms with E-state index in [4.69, 9.17) is 16.3 Å². The van der Waals surface area contributed by atoms with Gasteiger partial charge < -0.3 is 10.1 Å². The van der Waals surface area contributed by atoms with Crippen LogP contribution in [-0.2, 0) is 20.7 Å². The van der Waals surface area contributed by atoms with Crippen molar-refractivity contribution in [1.82, 2.24) is 4.98 Å². The van der Waals surface area contributed by atoms with Crippen LogP contribution < -0.4 is 5.32 Å². The van der Waals surface area contributed by atoms with E-state index in [0.29, 0.717) is 5.69 Å². The lowest BCUT2D eigenvalue weighted by Gasteiger charge is -2.07. The summed E-state index contributed by atoms with van der Waals surface area (Å²) in [5.41, 5.74) is 1.18. The Morgan fingerprint density at radius 3 is 2.64 bits per heavy atom. The van der Waals surface area contributed by atoms with Crippen LogP contribution in [0.4, 0.5) is 5.69 Å². The predicted octanol–water partition coefficient (Wildman–Crippen LogP) is 3.22. The maximum absolute atomic E-state index is 11.7. The maximum Gasteiger partial charge on any atom is 0.310 e. The Morgan fingerprint density at radius 1 is 1.23 bits per heavy atom. The molecule has 0 saturated heterocycles. The van der Waals surface area contributed by atoms with Crippen LogP contribution in [0.5, 0.6) is 0 Å². The number of hydrogen-bond acceptors (Lipinski definition) is 4. The van der Waals surface area contributed by atoms with Gasteiger partial charge in [0, 0.05) is 10.7 Å². The molecule has 1 aromatic carbocycles. The van der Waals surface area contributed by atoms with Crippen molar-refractivity contribution in [2.45, 2.75) is 6.42 Å². The molecule has 0 radical (unpaired) electrons. The van der Waals surface area contributed by atoms with E-state index < -0.39 is 11.9 Å². The summed E-state index contributed by atoms with van der Waals surface area (Å²) in [6.45, 7) is -0.374. The van der Waals surface area contributed by atoms with Gasteiger partial charge in [-0.05, 0) is 29.8 Å². The Balaban J connectivity index is 1.79. The van der Waals surface area contributed by atoms with Crippen molar-refractivity contribution in [2.75, 3.05) is 11.9 Å². The number of amides is 1. The smallest absolute Gasteiger partial charge is 0.310 e. The molecule has 0 atom stereocenters. The zero-order valence-electron chi connectivity index (χ0n) is 11.4. The molecule has 1 amide bonds. The second-order valence-corrected chi connectivity index (χ2v) is 5.63. The van der Waals surface area contributed by atoms with Gasteiger partial charge in [-0.2, -0.15) is 0 Å². The summed E-state index contributed by atoms with van der Waals surface area (Å²) in [7, 11) is 0. The number of nitrogens with zero attached hydrogens (tertiary/aromatic N) is 1. The number of nitrogens with one attached hydrogen (secondary N) is 1. The normalized spacial score (nSPS) is 10.1. The van der Waals surface area contributed by atoms with Gasteiger partial charge in [-0.25, -0.2) is 4.98 Å². The van der Waals surface area contributed by atoms with E-state index in [1.165, 1.54) is 6.20 Å². The summed E-state index contributed by atoms with van der Waals surface area (Å²) < 4.78 is 5.85. The number of anilines is 1. The van der Waals surface area contributed by atoms with Crippen molar-refractivity contribution in [2.24, 2.45) is 0 Å². The van der Waals surface area contributed by atoms with E-state index in [1.807, 2.05) is 12.1 Å². The molecule has 5 nitrogen and oxygen atoms in total. The monoisotopic (exact) mass is 382 g/mol. The summed E-state index contributed by atoms with van der Waals surface area (Å²) in [6.07, 6.45) is 1.62. The van der Waals surface area contributed by atoms with Crippen LogP contribution in [0.3, 0.4) is 0 Å². The minimum atomic E-state index is -0.477. The summed E-state index contributed by atoms with van der Waals surface area (Å²) in [5.74, 6) is -0.950. The first kappa shape index (κ1) is 16.5. The third kappa shape index (κ3) is 5.13. The first-order valence-corrected chi connectivity index (χ1v) is 7.52. The van der Waals surface area contributed by atoms with Gasteiger partial charge in [0.2, 0.25) is 0 Å². The van der Waals surface area contributed by atoms with E-state index in [0.717, 1.165) is 10.0 Å². The fourth-order valence-corrected chi connectivity index (χ4v) is 2.06. The number of benzene rings is 1. The third-order valence-electron chi connectivity index (χ3n) is 2.66. The van der Waals surface area contributed by atoms with Crippen LogP contribution in [0.25, 0.3) is 0 Å². The Kier molecular flexibility index (Phi) is 5.91. The van der Waals surface area contributed by atoms with Gasteiger partial charge in [-0.1, -0.05) is 39.7 Å². The maximum atomic E-state index is 11.7. The molecule has 0 aliphatic rings. The highest BCUT2D eigenvalue weighted by Crippen LogP contribution is 2.17. The highest BCUT2D eigenvalue weighted by Gasteiger charge is 2.10. The van der Waals surface area contributed by atoms with Gasteiger partial charge in [-0.3, -0.25) is 9.59 Å². The third-order valence-corrected chi connectivity index (χ3v) is 3.49. The molecule has 7 heteroatoms. The molecule has 22 heavy (non-hydrogen) atoms. The second kappa shape index (κ2) is 7.91. The van der Waals surface area contributed by atoms with Crippen LogP contribution in [0.15, 0.2) is 47.1 Å². The highest BCUT2D eigenvalue weighted by molar-refractivity contribution is 9.10. The van der Waals surface area contributed by atoms with Crippen molar-refractivity contribution in [3.8, 4) is 0 Å². The van der Waals surface area contributed by atoms with Gasteiger partial charge in [0.1, 0.15) is 0 Å². The number of esters is 1. The number of aromatic nitrogens is 1. The Labute approximate surface area is 140 Å². The molecule has 1 N–H and O–H groups in total. The van der Waals surface area contributed by atoms with Crippen molar-refractivity contribution in [3.63, 3.8) is 0 Å². The standard InChI is InChI=1S/C15H12BrClN2O3/c16-11-5-3-10(4-6-11)8-14(21)22-9-13(20)19-12-2-1-7-18-15(12)17/h1-7H,8-9H2,(H,19,20). The first-order chi connectivity index (χ1) is 10.5. The quantitative estimate of drug-likeness (QED) is 0.636. The van der Waals surface area contributed by atoms with E-state index in [2.05, 4.69) is 26.2 Å². The SMILES string of the molecule is O=C(COC(=O)Cc1ccc(Br)cc1)Nc1cccnc1Cl. The average Bonchev–Trinajstić information content (AvgIpc) is 2.50. The molecule has 2 aromatic rings. The molecule has 0 aliphatic heterocycles. The predicted molar refractivity (Wildman–Crippen MR) is 86.7 cm³/mol. The molecular weight excluding hydrogens is 372 g/mol. The zero-order valence-corrected chi connectivity index (χ0v) is 13.7. The van der Waals surface area contributed by atoms with Crippen molar-refractivity contribution >= 4 is 45.1 Å². The summed E-state index contributed by atoms with van der Waals surface area (Å²) in [4.78, 5) is 27.2. The van der Waals surface area contributed by atoms with Gasteiger partial charge in [-0.15, -0.1) is 0 Å². The van der Waals surface area contributed by atoms with E-state index in [1.54, 1.807) is 24.3 Å². The fourth-order valence-electron chi connectivity index (χ4n) is 1.63. The molecule has 114 valence electrons. The molecular formula is C15H12BrClN2O3. The second-order valence-electron chi connectivity index (χ2n) is 4.35. The molecule has 2 rings (SSSR count). The van der Waals surface area contributed by atoms with Crippen molar-refractivity contribution in [3.05, 3.63) is 57.8 Å². The van der Waals surface area contributed by atoms with E-state index in [9.17, 15) is 9.59 Å². The van der Waals surface area contributed by atoms with Gasteiger partial charge in [0.05, 0.1) is 12.1 Å². The van der Waals surface area contributed by atoms with Crippen LogP contribution in [0.1, 0.15) is 5.56 Å². The highest BCUT2D eigenvalue weighted by atomic mass is 79.9. The number of halogens is 2. The van der Waals surface area contributed by atoms with E-state index >= 15 is 0 Å². The van der Waals surface area contributed by atoms with Crippen LogP contribution in [-0.4, -0.2) is 23.5 Å². The molecule has 0 saturated carbocycles. The van der Waals surface area contributed by atoms with Gasteiger partial charge in [0.15, 0.2) is 11.8 Å². The number of pyridine rings is 1. The molecule has 0 aliphatic carbocycles. The minimum absolute atomic E-state index is 0.105. The molecule has 0 spiro atoms.